The van der Waals surface area contributed by atoms with E-state index in [0.717, 1.165) is 31.4 Å². The number of allylic oxidation sites excluding steroid dienone is 1. The number of fused-ring (bicyclic) bond motifs is 1. The van der Waals surface area contributed by atoms with Gasteiger partial charge in [0.1, 0.15) is 11.6 Å². The number of ether oxygens (including phenoxy) is 1. The van der Waals surface area contributed by atoms with Crippen molar-refractivity contribution in [1.29, 1.82) is 0 Å². The van der Waals surface area contributed by atoms with Gasteiger partial charge in [0.05, 0.1) is 0 Å². The number of nitrogens with zero attached hydrogens (tertiary/aromatic N) is 1. The minimum absolute atomic E-state index is 0.116. The summed E-state index contributed by atoms with van der Waals surface area (Å²) in [5.41, 5.74) is 0.877. The summed E-state index contributed by atoms with van der Waals surface area (Å²) in [6, 6.07) is 5.57. The van der Waals surface area contributed by atoms with Crippen LogP contribution in [0.1, 0.15) is 32.1 Å². The average Bonchev–Trinajstić information content (AvgIpc) is 2.63. The van der Waals surface area contributed by atoms with Gasteiger partial charge in [0.2, 0.25) is 5.91 Å². The predicted molar refractivity (Wildman–Crippen MR) is 91.3 cm³/mol. The third-order valence-electron chi connectivity index (χ3n) is 5.10. The lowest BCUT2D eigenvalue weighted by Gasteiger charge is -2.46. The summed E-state index contributed by atoms with van der Waals surface area (Å²) in [7, 11) is 1.81. The van der Waals surface area contributed by atoms with Crippen LogP contribution in [0.3, 0.4) is 0 Å². The molecule has 1 fully saturated rings. The van der Waals surface area contributed by atoms with E-state index in [-0.39, 0.29) is 29.7 Å². The van der Waals surface area contributed by atoms with E-state index in [9.17, 15) is 14.0 Å². The van der Waals surface area contributed by atoms with E-state index < -0.39 is 0 Å². The molecule has 5 nitrogen and oxygen atoms in total. The molecule has 0 aromatic heterocycles. The molecule has 1 N–H and O–H groups in total. The summed E-state index contributed by atoms with van der Waals surface area (Å²) in [4.78, 5) is 25.8. The van der Waals surface area contributed by atoms with Crippen LogP contribution >= 0.6 is 0 Å². The van der Waals surface area contributed by atoms with Gasteiger partial charge in [0.15, 0.2) is 6.61 Å². The van der Waals surface area contributed by atoms with E-state index in [4.69, 9.17) is 4.74 Å². The van der Waals surface area contributed by atoms with Crippen LogP contribution in [0.25, 0.3) is 0 Å². The van der Waals surface area contributed by atoms with Crippen molar-refractivity contribution in [3.8, 4) is 5.75 Å². The molecule has 1 aliphatic heterocycles. The van der Waals surface area contributed by atoms with Gasteiger partial charge in [-0.25, -0.2) is 4.39 Å². The van der Waals surface area contributed by atoms with Crippen LogP contribution in [-0.4, -0.2) is 36.9 Å². The first-order valence-corrected chi connectivity index (χ1v) is 8.62. The van der Waals surface area contributed by atoms with Crippen LogP contribution in [0.2, 0.25) is 0 Å². The zero-order valence-electron chi connectivity index (χ0n) is 14.4. The molecule has 1 atom stereocenters. The molecular weight excluding hydrogens is 323 g/mol. The molecule has 25 heavy (non-hydrogen) atoms. The van der Waals surface area contributed by atoms with Gasteiger partial charge in [-0.3, -0.25) is 9.59 Å². The average molecular weight is 346 g/mol. The first-order valence-electron chi connectivity index (χ1n) is 8.62. The molecule has 6 heteroatoms. The second kappa shape index (κ2) is 7.25. The highest BCUT2D eigenvalue weighted by atomic mass is 19.1. The SMILES string of the molecule is CN1C(=O)CCC2(CNC(=O)COc3ccc(F)cc3)CCCC=C12. The predicted octanol–water partition coefficient (Wildman–Crippen LogP) is 2.63. The van der Waals surface area contributed by atoms with Crippen molar-refractivity contribution in [2.45, 2.75) is 32.1 Å². The first kappa shape index (κ1) is 17.5. The summed E-state index contributed by atoms with van der Waals surface area (Å²) in [6.45, 7) is 0.387. The number of rotatable bonds is 5. The quantitative estimate of drug-likeness (QED) is 0.892. The Labute approximate surface area is 146 Å². The molecule has 2 amide bonds. The van der Waals surface area contributed by atoms with Crippen LogP contribution in [-0.2, 0) is 9.59 Å². The van der Waals surface area contributed by atoms with Gasteiger partial charge >= 0.3 is 0 Å². The number of halogens is 1. The number of likely N-dealkylation sites (tertiary alicyclic amines) is 1. The summed E-state index contributed by atoms with van der Waals surface area (Å²) in [5.74, 6) is 0.0253. The number of hydrogen-bond donors (Lipinski definition) is 1. The molecule has 3 rings (SSSR count). The second-order valence-electron chi connectivity index (χ2n) is 6.73. The smallest absolute Gasteiger partial charge is 0.257 e. The summed E-state index contributed by atoms with van der Waals surface area (Å²) < 4.78 is 18.2. The Hall–Kier alpha value is -2.37. The van der Waals surface area contributed by atoms with Crippen molar-refractivity contribution >= 4 is 11.8 Å². The number of piperidine rings is 1. The van der Waals surface area contributed by atoms with E-state index in [1.165, 1.54) is 24.3 Å². The number of nitrogens with one attached hydrogen (secondary N) is 1. The van der Waals surface area contributed by atoms with Crippen LogP contribution in [0.15, 0.2) is 36.0 Å². The highest BCUT2D eigenvalue weighted by molar-refractivity contribution is 5.80. The Balaban J connectivity index is 1.57. The summed E-state index contributed by atoms with van der Waals surface area (Å²) in [6.07, 6.45) is 6.40. The molecular formula is C19H23FN2O3. The van der Waals surface area contributed by atoms with Crippen molar-refractivity contribution in [3.63, 3.8) is 0 Å². The molecule has 134 valence electrons. The van der Waals surface area contributed by atoms with Crippen molar-refractivity contribution in [1.82, 2.24) is 10.2 Å². The van der Waals surface area contributed by atoms with Crippen LogP contribution in [0.4, 0.5) is 4.39 Å². The van der Waals surface area contributed by atoms with Gasteiger partial charge in [-0.15, -0.1) is 0 Å². The van der Waals surface area contributed by atoms with Gasteiger partial charge in [-0.05, 0) is 49.9 Å². The highest BCUT2D eigenvalue weighted by Crippen LogP contribution is 2.45. The van der Waals surface area contributed by atoms with Gasteiger partial charge in [0, 0.05) is 31.1 Å². The Morgan fingerprint density at radius 2 is 2.08 bits per heavy atom. The lowest BCUT2D eigenvalue weighted by Crippen LogP contribution is -2.49. The Bertz CT molecular complexity index is 686. The summed E-state index contributed by atoms with van der Waals surface area (Å²) in [5, 5.41) is 2.94. The normalized spacial score (nSPS) is 22.9. The van der Waals surface area contributed by atoms with Gasteiger partial charge in [0.25, 0.3) is 5.91 Å². The number of carbonyl (C=O) groups is 2. The van der Waals surface area contributed by atoms with Crippen molar-refractivity contribution in [2.75, 3.05) is 20.2 Å². The number of amides is 2. The Kier molecular flexibility index (Phi) is 5.06. The highest BCUT2D eigenvalue weighted by Gasteiger charge is 2.43. The van der Waals surface area contributed by atoms with E-state index >= 15 is 0 Å². The van der Waals surface area contributed by atoms with Crippen LogP contribution in [0, 0.1) is 11.2 Å². The van der Waals surface area contributed by atoms with Crippen LogP contribution < -0.4 is 10.1 Å². The van der Waals surface area contributed by atoms with Gasteiger partial charge < -0.3 is 15.0 Å². The largest absolute Gasteiger partial charge is 0.484 e. The molecule has 0 spiro atoms. The topological polar surface area (TPSA) is 58.6 Å². The fourth-order valence-electron chi connectivity index (χ4n) is 3.68. The van der Waals surface area contributed by atoms with Crippen LogP contribution in [0.5, 0.6) is 5.75 Å². The third-order valence-corrected chi connectivity index (χ3v) is 5.10. The molecule has 1 unspecified atom stereocenters. The zero-order valence-corrected chi connectivity index (χ0v) is 14.4. The fourth-order valence-corrected chi connectivity index (χ4v) is 3.68. The molecule has 0 radical (unpaired) electrons. The Morgan fingerprint density at radius 1 is 1.32 bits per heavy atom. The van der Waals surface area contributed by atoms with Crippen molar-refractivity contribution in [2.24, 2.45) is 5.41 Å². The fraction of sp³-hybridized carbons (Fsp3) is 0.474. The van der Waals surface area contributed by atoms with E-state index in [1.54, 1.807) is 4.90 Å². The van der Waals surface area contributed by atoms with Gasteiger partial charge in [-0.2, -0.15) is 0 Å². The number of hydrogen-bond acceptors (Lipinski definition) is 3. The van der Waals surface area contributed by atoms with Gasteiger partial charge in [-0.1, -0.05) is 6.08 Å². The minimum atomic E-state index is -0.344. The lowest BCUT2D eigenvalue weighted by molar-refractivity contribution is -0.132. The van der Waals surface area contributed by atoms with E-state index in [2.05, 4.69) is 11.4 Å². The monoisotopic (exact) mass is 346 g/mol. The second-order valence-corrected chi connectivity index (χ2v) is 6.73. The first-order chi connectivity index (χ1) is 12.0. The summed E-state index contributed by atoms with van der Waals surface area (Å²) >= 11 is 0. The minimum Gasteiger partial charge on any atom is -0.484 e. The molecule has 1 heterocycles. The molecule has 0 bridgehead atoms. The maximum absolute atomic E-state index is 12.9. The number of carbonyl (C=O) groups excluding carboxylic acids is 2. The molecule has 1 aliphatic carbocycles. The zero-order chi connectivity index (χ0) is 17.9. The maximum Gasteiger partial charge on any atom is 0.257 e. The third kappa shape index (κ3) is 3.83. The molecule has 1 aromatic rings. The molecule has 1 aromatic carbocycles. The van der Waals surface area contributed by atoms with E-state index in [0.29, 0.717) is 18.7 Å². The number of benzene rings is 1. The molecule has 2 aliphatic rings. The van der Waals surface area contributed by atoms with Crippen molar-refractivity contribution in [3.05, 3.63) is 41.9 Å². The van der Waals surface area contributed by atoms with Crippen molar-refractivity contribution < 1.29 is 18.7 Å². The Morgan fingerprint density at radius 3 is 2.84 bits per heavy atom. The molecule has 0 saturated carbocycles. The lowest BCUT2D eigenvalue weighted by atomic mass is 9.70. The molecule has 1 saturated heterocycles. The van der Waals surface area contributed by atoms with E-state index in [1.807, 2.05) is 7.05 Å². The maximum atomic E-state index is 12.9. The standard InChI is InChI=1S/C19H23FN2O3/c1-22-16-4-2-3-10-19(16,11-9-18(22)24)13-21-17(23)12-25-15-7-5-14(20)6-8-15/h4-8H,2-3,9-13H2,1H3,(H,21,23).